The molecule has 4 aliphatic rings. The van der Waals surface area contributed by atoms with E-state index in [2.05, 4.69) is 47.6 Å². The number of fused-ring (bicyclic) bond motifs is 5. The number of hydrogen-bond acceptors (Lipinski definition) is 1. The van der Waals surface area contributed by atoms with Crippen LogP contribution in [0.3, 0.4) is 0 Å². The van der Waals surface area contributed by atoms with Crippen molar-refractivity contribution in [2.75, 3.05) is 0 Å². The van der Waals surface area contributed by atoms with Crippen molar-refractivity contribution in [3.8, 4) is 0 Å². The van der Waals surface area contributed by atoms with Gasteiger partial charge >= 0.3 is 0 Å². The van der Waals surface area contributed by atoms with Crippen molar-refractivity contribution in [1.82, 2.24) is 0 Å². The Morgan fingerprint density at radius 3 is 2.52 bits per heavy atom. The molecule has 0 aromatic heterocycles. The summed E-state index contributed by atoms with van der Waals surface area (Å²) in [7, 11) is 0. The van der Waals surface area contributed by atoms with Crippen LogP contribution in [0.1, 0.15) is 99.3 Å². The molecular weight excluding hydrogens is 328 g/mol. The summed E-state index contributed by atoms with van der Waals surface area (Å²) in [6.45, 7) is 15.0. The number of allylic oxidation sites excluding steroid dienone is 1. The standard InChI is InChI=1S/C26H44O/c1-17(16-24(2,3)4)21-9-10-22-20-8-7-18-15-19(27)11-13-25(18,5)23(20)12-14-26(21,22)6/h7,17,19-23,27H,8-16H2,1-6H3/t17-,19+,20?,21-,22?,23?,25+,26-/m1/s1. The molecule has 0 saturated heterocycles. The Bertz CT molecular complexity index is 598. The van der Waals surface area contributed by atoms with Gasteiger partial charge in [0.25, 0.3) is 0 Å². The predicted molar refractivity (Wildman–Crippen MR) is 114 cm³/mol. The quantitative estimate of drug-likeness (QED) is 0.517. The normalized spacial score (nSPS) is 48.3. The van der Waals surface area contributed by atoms with E-state index in [1.165, 1.54) is 44.9 Å². The molecule has 1 heteroatoms. The molecule has 27 heavy (non-hydrogen) atoms. The molecular formula is C26H44O. The van der Waals surface area contributed by atoms with Crippen LogP contribution in [-0.2, 0) is 0 Å². The van der Waals surface area contributed by atoms with Crippen molar-refractivity contribution in [1.29, 1.82) is 0 Å². The van der Waals surface area contributed by atoms with Crippen LogP contribution < -0.4 is 0 Å². The van der Waals surface area contributed by atoms with Crippen LogP contribution in [0.15, 0.2) is 11.6 Å². The Morgan fingerprint density at radius 2 is 1.81 bits per heavy atom. The van der Waals surface area contributed by atoms with Gasteiger partial charge in [-0.25, -0.2) is 0 Å². The largest absolute Gasteiger partial charge is 0.393 e. The Balaban J connectivity index is 1.57. The van der Waals surface area contributed by atoms with Gasteiger partial charge in [-0.3, -0.25) is 0 Å². The lowest BCUT2D eigenvalue weighted by Crippen LogP contribution is -2.50. The summed E-state index contributed by atoms with van der Waals surface area (Å²) in [6.07, 6.45) is 14.2. The molecule has 0 radical (unpaired) electrons. The second-order valence-electron chi connectivity index (χ2n) is 12.6. The molecule has 1 nitrogen and oxygen atoms in total. The highest BCUT2D eigenvalue weighted by Crippen LogP contribution is 2.67. The van der Waals surface area contributed by atoms with Crippen LogP contribution in [0, 0.1) is 45.8 Å². The first-order valence-electron chi connectivity index (χ1n) is 11.9. The monoisotopic (exact) mass is 372 g/mol. The van der Waals surface area contributed by atoms with E-state index in [1.807, 2.05) is 0 Å². The third-order valence-corrected chi connectivity index (χ3v) is 9.77. The lowest BCUT2D eigenvalue weighted by Gasteiger charge is -2.58. The second kappa shape index (κ2) is 6.61. The van der Waals surface area contributed by atoms with Gasteiger partial charge in [0.05, 0.1) is 6.10 Å². The molecule has 0 amide bonds. The average Bonchev–Trinajstić information content (AvgIpc) is 2.91. The maximum atomic E-state index is 10.2. The molecule has 0 heterocycles. The highest BCUT2D eigenvalue weighted by molar-refractivity contribution is 5.25. The summed E-state index contributed by atoms with van der Waals surface area (Å²) in [5.41, 5.74) is 3.02. The van der Waals surface area contributed by atoms with Gasteiger partial charge in [-0.2, -0.15) is 0 Å². The fourth-order valence-electron chi connectivity index (χ4n) is 8.73. The summed E-state index contributed by atoms with van der Waals surface area (Å²) in [4.78, 5) is 0. The van der Waals surface area contributed by atoms with E-state index in [-0.39, 0.29) is 6.10 Å². The zero-order valence-corrected chi connectivity index (χ0v) is 18.9. The first-order valence-corrected chi connectivity index (χ1v) is 11.9. The van der Waals surface area contributed by atoms with E-state index in [9.17, 15) is 5.11 Å². The third-order valence-electron chi connectivity index (χ3n) is 9.77. The average molecular weight is 373 g/mol. The summed E-state index contributed by atoms with van der Waals surface area (Å²) in [6, 6.07) is 0. The molecule has 1 N–H and O–H groups in total. The highest BCUT2D eigenvalue weighted by atomic mass is 16.3. The van der Waals surface area contributed by atoms with Gasteiger partial charge in [0, 0.05) is 0 Å². The molecule has 3 saturated carbocycles. The van der Waals surface area contributed by atoms with Crippen LogP contribution in [0.25, 0.3) is 0 Å². The highest BCUT2D eigenvalue weighted by Gasteiger charge is 2.59. The molecule has 8 atom stereocenters. The van der Waals surface area contributed by atoms with E-state index in [4.69, 9.17) is 0 Å². The number of rotatable bonds is 2. The number of aliphatic hydroxyl groups is 1. The predicted octanol–water partition coefficient (Wildman–Crippen LogP) is 7.00. The third kappa shape index (κ3) is 3.24. The number of aliphatic hydroxyl groups excluding tert-OH is 1. The first-order chi connectivity index (χ1) is 12.5. The summed E-state index contributed by atoms with van der Waals surface area (Å²) < 4.78 is 0. The van der Waals surface area contributed by atoms with E-state index in [0.29, 0.717) is 16.2 Å². The van der Waals surface area contributed by atoms with E-state index in [0.717, 1.165) is 42.4 Å². The smallest absolute Gasteiger partial charge is 0.0577 e. The maximum absolute atomic E-state index is 10.2. The minimum Gasteiger partial charge on any atom is -0.393 e. The van der Waals surface area contributed by atoms with E-state index in [1.54, 1.807) is 5.57 Å². The van der Waals surface area contributed by atoms with Gasteiger partial charge in [0.1, 0.15) is 0 Å². The van der Waals surface area contributed by atoms with Crippen LogP contribution in [0.2, 0.25) is 0 Å². The first kappa shape index (κ1) is 20.0. The van der Waals surface area contributed by atoms with Gasteiger partial charge in [-0.15, -0.1) is 0 Å². The Kier molecular flexibility index (Phi) is 4.90. The van der Waals surface area contributed by atoms with Gasteiger partial charge in [-0.1, -0.05) is 53.2 Å². The van der Waals surface area contributed by atoms with Crippen molar-refractivity contribution in [3.05, 3.63) is 11.6 Å². The molecule has 0 aromatic carbocycles. The van der Waals surface area contributed by atoms with Crippen molar-refractivity contribution in [3.63, 3.8) is 0 Å². The van der Waals surface area contributed by atoms with Crippen LogP contribution in [-0.4, -0.2) is 11.2 Å². The lowest BCUT2D eigenvalue weighted by atomic mass is 9.47. The van der Waals surface area contributed by atoms with Gasteiger partial charge < -0.3 is 5.11 Å². The molecule has 0 spiro atoms. The fourth-order valence-corrected chi connectivity index (χ4v) is 8.73. The molecule has 154 valence electrons. The van der Waals surface area contributed by atoms with E-state index < -0.39 is 0 Å². The summed E-state index contributed by atoms with van der Waals surface area (Å²) in [5.74, 6) is 4.49. The van der Waals surface area contributed by atoms with Crippen LogP contribution >= 0.6 is 0 Å². The zero-order chi connectivity index (χ0) is 19.6. The van der Waals surface area contributed by atoms with Crippen LogP contribution in [0.5, 0.6) is 0 Å². The molecule has 0 bridgehead atoms. The van der Waals surface area contributed by atoms with Gasteiger partial charge in [-0.05, 0) is 104 Å². The fraction of sp³-hybridized carbons (Fsp3) is 0.923. The Hall–Kier alpha value is -0.300. The lowest BCUT2D eigenvalue weighted by molar-refractivity contribution is -0.0588. The molecule has 0 aliphatic heterocycles. The number of hydrogen-bond donors (Lipinski definition) is 1. The maximum Gasteiger partial charge on any atom is 0.0577 e. The topological polar surface area (TPSA) is 20.2 Å². The Morgan fingerprint density at radius 1 is 1.07 bits per heavy atom. The molecule has 4 rings (SSSR count). The SMILES string of the molecule is C[C@H](CC(C)(C)C)[C@H]1CCC2C3CC=C4C[C@@H](O)CC[C@]4(C)C3CC[C@@]21C. The minimum atomic E-state index is -0.0798. The molecule has 4 aliphatic carbocycles. The van der Waals surface area contributed by atoms with Crippen LogP contribution in [0.4, 0.5) is 0 Å². The molecule has 3 fully saturated rings. The van der Waals surface area contributed by atoms with Crippen molar-refractivity contribution in [2.45, 2.75) is 105 Å². The van der Waals surface area contributed by atoms with Gasteiger partial charge in [0.15, 0.2) is 0 Å². The zero-order valence-electron chi connectivity index (χ0n) is 18.9. The van der Waals surface area contributed by atoms with Crippen molar-refractivity contribution in [2.24, 2.45) is 45.8 Å². The summed E-state index contributed by atoms with van der Waals surface area (Å²) in [5, 5.41) is 10.2. The van der Waals surface area contributed by atoms with Crippen molar-refractivity contribution < 1.29 is 5.11 Å². The second-order valence-corrected chi connectivity index (χ2v) is 12.6. The summed E-state index contributed by atoms with van der Waals surface area (Å²) >= 11 is 0. The van der Waals surface area contributed by atoms with E-state index >= 15 is 0 Å². The van der Waals surface area contributed by atoms with Crippen molar-refractivity contribution >= 4 is 0 Å². The Labute approximate surface area is 168 Å². The molecule has 0 aromatic rings. The van der Waals surface area contributed by atoms with Gasteiger partial charge in [0.2, 0.25) is 0 Å². The molecule has 3 unspecified atom stereocenters. The minimum absolute atomic E-state index is 0.0798.